The molecule has 0 aliphatic heterocycles. The van der Waals surface area contributed by atoms with Crippen LogP contribution in [0.2, 0.25) is 10.0 Å². The molecule has 26 heavy (non-hydrogen) atoms. The van der Waals surface area contributed by atoms with E-state index in [0.717, 1.165) is 0 Å². The number of carbonyl (C=O) groups excluding carboxylic acids is 1. The van der Waals surface area contributed by atoms with Crippen molar-refractivity contribution in [3.8, 4) is 11.6 Å². The monoisotopic (exact) mass is 402 g/mol. The largest absolute Gasteiger partial charge is 0.413 e. The highest BCUT2D eigenvalue weighted by molar-refractivity contribution is 6.42. The Morgan fingerprint density at radius 2 is 2.00 bits per heavy atom. The summed E-state index contributed by atoms with van der Waals surface area (Å²) >= 11 is 11.7. The Bertz CT molecular complexity index is 929. The van der Waals surface area contributed by atoms with Gasteiger partial charge < -0.3 is 14.3 Å². The van der Waals surface area contributed by atoms with Crippen molar-refractivity contribution in [3.63, 3.8) is 0 Å². The van der Waals surface area contributed by atoms with Crippen molar-refractivity contribution in [1.82, 2.24) is 20.7 Å². The summed E-state index contributed by atoms with van der Waals surface area (Å²) in [5.74, 6) is -0.887. The molecule has 0 bridgehead atoms. The highest BCUT2D eigenvalue weighted by Crippen LogP contribution is 2.24. The molecule has 0 radical (unpaired) electrons. The number of amides is 1. The van der Waals surface area contributed by atoms with Crippen LogP contribution in [0, 0.1) is 0 Å². The molecular formula is C15H10Cl2F2N4O3. The van der Waals surface area contributed by atoms with Gasteiger partial charge in [-0.25, -0.2) is 0 Å². The number of halogens is 4. The Hall–Kier alpha value is -2.52. The van der Waals surface area contributed by atoms with Gasteiger partial charge in [-0.1, -0.05) is 28.4 Å². The zero-order chi connectivity index (χ0) is 18.7. The van der Waals surface area contributed by atoms with Crippen LogP contribution in [0.5, 0.6) is 0 Å². The quantitative estimate of drug-likeness (QED) is 0.670. The summed E-state index contributed by atoms with van der Waals surface area (Å²) in [7, 11) is 0. The van der Waals surface area contributed by atoms with Crippen molar-refractivity contribution in [1.29, 1.82) is 0 Å². The second-order valence-corrected chi connectivity index (χ2v) is 5.87. The second kappa shape index (κ2) is 7.79. The molecule has 11 heteroatoms. The van der Waals surface area contributed by atoms with Gasteiger partial charge in [0.1, 0.15) is 5.76 Å². The summed E-state index contributed by atoms with van der Waals surface area (Å²) in [6, 6.07) is 6.00. The van der Waals surface area contributed by atoms with E-state index in [1.807, 2.05) is 0 Å². The van der Waals surface area contributed by atoms with Gasteiger partial charge in [-0.05, 0) is 18.2 Å². The van der Waals surface area contributed by atoms with Crippen LogP contribution < -0.4 is 5.32 Å². The van der Waals surface area contributed by atoms with Crippen LogP contribution in [0.1, 0.15) is 28.4 Å². The lowest BCUT2D eigenvalue weighted by Gasteiger charge is -2.04. The van der Waals surface area contributed by atoms with Gasteiger partial charge in [-0.3, -0.25) is 4.79 Å². The molecule has 0 spiro atoms. The predicted molar refractivity (Wildman–Crippen MR) is 87.3 cm³/mol. The van der Waals surface area contributed by atoms with Crippen molar-refractivity contribution in [2.75, 3.05) is 6.54 Å². The van der Waals surface area contributed by atoms with Gasteiger partial charge in [0, 0.05) is 24.6 Å². The smallest absolute Gasteiger partial charge is 0.314 e. The molecule has 3 rings (SSSR count). The minimum Gasteiger partial charge on any atom is -0.413 e. The molecule has 0 saturated heterocycles. The summed E-state index contributed by atoms with van der Waals surface area (Å²) in [6.45, 7) is 0.250. The van der Waals surface area contributed by atoms with Gasteiger partial charge in [0.2, 0.25) is 0 Å². The molecule has 0 aliphatic carbocycles. The van der Waals surface area contributed by atoms with Crippen molar-refractivity contribution in [2.45, 2.75) is 12.8 Å². The predicted octanol–water partition coefficient (Wildman–Crippen LogP) is 3.94. The number of nitrogens with one attached hydrogen (secondary N) is 1. The topological polar surface area (TPSA) is 94.1 Å². The summed E-state index contributed by atoms with van der Waals surface area (Å²) < 4.78 is 34.7. The average molecular weight is 403 g/mol. The normalized spacial score (nSPS) is 11.1. The maximum Gasteiger partial charge on any atom is 0.314 e. The number of carbonyl (C=O) groups is 1. The minimum absolute atomic E-state index is 0.134. The first-order valence-corrected chi connectivity index (χ1v) is 8.00. The number of nitrogens with zero attached hydrogens (tertiary/aromatic N) is 3. The Morgan fingerprint density at radius 3 is 2.69 bits per heavy atom. The SMILES string of the molecule is O=C(NCCc1cc(-c2nnc(C(F)F)o2)no1)c1ccc(Cl)c(Cl)c1. The molecule has 3 aromatic rings. The zero-order valence-electron chi connectivity index (χ0n) is 12.9. The van der Waals surface area contributed by atoms with Crippen molar-refractivity contribution in [2.24, 2.45) is 0 Å². The Kier molecular flexibility index (Phi) is 5.48. The van der Waals surface area contributed by atoms with E-state index < -0.39 is 12.3 Å². The number of aromatic nitrogens is 3. The van der Waals surface area contributed by atoms with E-state index in [0.29, 0.717) is 22.8 Å². The third kappa shape index (κ3) is 4.17. The molecule has 7 nitrogen and oxygen atoms in total. The second-order valence-electron chi connectivity index (χ2n) is 5.06. The molecule has 0 atom stereocenters. The molecular weight excluding hydrogens is 393 g/mol. The average Bonchev–Trinajstić information content (AvgIpc) is 3.26. The maximum absolute atomic E-state index is 12.4. The van der Waals surface area contributed by atoms with Crippen molar-refractivity contribution in [3.05, 3.63) is 51.5 Å². The van der Waals surface area contributed by atoms with E-state index in [1.165, 1.54) is 18.2 Å². The van der Waals surface area contributed by atoms with Crippen LogP contribution in [0.25, 0.3) is 11.6 Å². The van der Waals surface area contributed by atoms with E-state index in [1.54, 1.807) is 6.07 Å². The third-order valence-corrected chi connectivity index (χ3v) is 3.98. The van der Waals surface area contributed by atoms with Crippen molar-refractivity contribution < 1.29 is 22.5 Å². The third-order valence-electron chi connectivity index (χ3n) is 3.24. The zero-order valence-corrected chi connectivity index (χ0v) is 14.4. The number of benzene rings is 1. The molecule has 1 N–H and O–H groups in total. The fourth-order valence-corrected chi connectivity index (χ4v) is 2.29. The molecule has 0 fully saturated rings. The van der Waals surface area contributed by atoms with E-state index in [-0.39, 0.29) is 29.1 Å². The number of alkyl halides is 2. The Balaban J connectivity index is 1.56. The number of hydrogen-bond acceptors (Lipinski definition) is 6. The van der Waals surface area contributed by atoms with Crippen LogP contribution in [-0.4, -0.2) is 27.8 Å². The molecule has 0 saturated carbocycles. The van der Waals surface area contributed by atoms with Crippen LogP contribution in [0.3, 0.4) is 0 Å². The van der Waals surface area contributed by atoms with Crippen LogP contribution >= 0.6 is 23.2 Å². The molecule has 0 unspecified atom stereocenters. The van der Waals surface area contributed by atoms with Gasteiger partial charge in [0.15, 0.2) is 5.69 Å². The molecule has 2 aromatic heterocycles. The lowest BCUT2D eigenvalue weighted by atomic mass is 10.2. The first-order chi connectivity index (χ1) is 12.4. The molecule has 2 heterocycles. The van der Waals surface area contributed by atoms with Gasteiger partial charge in [0.05, 0.1) is 10.0 Å². The standard InChI is InChI=1S/C15H10Cl2F2N4O3/c16-9-2-1-7(5-10(9)17)13(24)20-4-3-8-6-11(23-26-8)14-21-22-15(25-14)12(18)19/h1-2,5-6,12H,3-4H2,(H,20,24). The van der Waals surface area contributed by atoms with Gasteiger partial charge in [0.25, 0.3) is 17.7 Å². The summed E-state index contributed by atoms with van der Waals surface area (Å²) in [5, 5.41) is 13.7. The molecule has 136 valence electrons. The lowest BCUT2D eigenvalue weighted by Crippen LogP contribution is -2.25. The van der Waals surface area contributed by atoms with E-state index in [2.05, 4.69) is 20.7 Å². The van der Waals surface area contributed by atoms with Gasteiger partial charge in [-0.2, -0.15) is 8.78 Å². The van der Waals surface area contributed by atoms with Crippen LogP contribution in [0.4, 0.5) is 8.78 Å². The Labute approximate surface area is 155 Å². The van der Waals surface area contributed by atoms with E-state index >= 15 is 0 Å². The first-order valence-electron chi connectivity index (χ1n) is 7.25. The first kappa shape index (κ1) is 18.3. The minimum atomic E-state index is -2.86. The highest BCUT2D eigenvalue weighted by Gasteiger charge is 2.19. The fourth-order valence-electron chi connectivity index (χ4n) is 2.00. The maximum atomic E-state index is 12.4. The highest BCUT2D eigenvalue weighted by atomic mass is 35.5. The summed E-state index contributed by atoms with van der Waals surface area (Å²) in [4.78, 5) is 12.0. The lowest BCUT2D eigenvalue weighted by molar-refractivity contribution is 0.0953. The van der Waals surface area contributed by atoms with Crippen LogP contribution in [0.15, 0.2) is 33.2 Å². The molecule has 1 amide bonds. The van der Waals surface area contributed by atoms with Gasteiger partial charge >= 0.3 is 6.43 Å². The van der Waals surface area contributed by atoms with E-state index in [4.69, 9.17) is 32.1 Å². The van der Waals surface area contributed by atoms with Crippen molar-refractivity contribution >= 4 is 29.1 Å². The number of rotatable bonds is 6. The summed E-state index contributed by atoms with van der Waals surface area (Å²) in [5.41, 5.74) is 0.498. The molecule has 1 aromatic carbocycles. The van der Waals surface area contributed by atoms with Crippen LogP contribution in [-0.2, 0) is 6.42 Å². The fraction of sp³-hybridized carbons (Fsp3) is 0.200. The van der Waals surface area contributed by atoms with Gasteiger partial charge in [-0.15, -0.1) is 10.2 Å². The molecule has 0 aliphatic rings. The summed E-state index contributed by atoms with van der Waals surface area (Å²) in [6.07, 6.45) is -2.55. The number of hydrogen-bond donors (Lipinski definition) is 1. The van der Waals surface area contributed by atoms with E-state index in [9.17, 15) is 13.6 Å². The Morgan fingerprint density at radius 1 is 1.19 bits per heavy atom.